The Morgan fingerprint density at radius 3 is 0.899 bits per heavy atom. The third kappa shape index (κ3) is 11.6. The molecule has 25 rings (SSSR count). The monoisotopic (exact) mass is 1510 g/mol. The summed E-state index contributed by atoms with van der Waals surface area (Å²) < 4.78 is 19.0. The first-order valence-corrected chi connectivity index (χ1v) is 40.8. The summed E-state index contributed by atoms with van der Waals surface area (Å²) in [4.78, 5) is 0. The predicted octanol–water partition coefficient (Wildman–Crippen LogP) is 33.3. The highest BCUT2D eigenvalue weighted by molar-refractivity contribution is 6.31. The van der Waals surface area contributed by atoms with Crippen LogP contribution in [0.4, 0.5) is 0 Å². The Hall–Kier alpha value is -15.7. The van der Waals surface area contributed by atoms with Crippen molar-refractivity contribution in [3.05, 3.63) is 437 Å². The molecule has 0 aliphatic rings. The number of rotatable bonds is 8. The molecule has 0 radical (unpaired) electrons. The van der Waals surface area contributed by atoms with Gasteiger partial charge in [0.15, 0.2) is 0 Å². The van der Waals surface area contributed by atoms with Crippen molar-refractivity contribution in [2.45, 2.75) is 0 Å². The van der Waals surface area contributed by atoms with Crippen molar-refractivity contribution in [1.82, 2.24) is 0 Å². The lowest BCUT2D eigenvalue weighted by atomic mass is 9.83. The van der Waals surface area contributed by atoms with Crippen LogP contribution in [0.15, 0.2) is 450 Å². The van der Waals surface area contributed by atoms with Gasteiger partial charge in [0.2, 0.25) is 0 Å². The summed E-state index contributed by atoms with van der Waals surface area (Å²) in [7, 11) is 0. The molecule has 119 heavy (non-hydrogen) atoms. The first kappa shape index (κ1) is 68.9. The van der Waals surface area contributed by atoms with Gasteiger partial charge < -0.3 is 13.3 Å². The zero-order valence-corrected chi connectivity index (χ0v) is 64.8. The summed E-state index contributed by atoms with van der Waals surface area (Å²) in [6.07, 6.45) is 0. The molecule has 3 aromatic heterocycles. The van der Waals surface area contributed by atoms with Crippen LogP contribution in [0.25, 0.3) is 241 Å². The fourth-order valence-electron chi connectivity index (χ4n) is 19.1. The SMILES string of the molecule is c1ccc(-c2c3ccccc3c(-c3ccc4c(c3)oc3ccccc34)c3ccccc23)cc1.c1ccc(-c2ccccc2-c2c3ccccc3c(-c3ccc4c(c3)oc3ccccc34)c3ccccc23)cc1.c1ccc2cc(-c3ccc(-c4c5ccccc5c(-c5c6ccccc6cc6oc7ccccc7c56)c5ccccc45)cc3)ccc2c1. The quantitative estimate of drug-likeness (QED) is 0.142. The molecular formula is C116H72O3. The van der Waals surface area contributed by atoms with Crippen LogP contribution in [-0.4, -0.2) is 0 Å². The molecule has 0 saturated carbocycles. The zero-order valence-electron chi connectivity index (χ0n) is 64.8. The Kier molecular flexibility index (Phi) is 16.6. The topological polar surface area (TPSA) is 39.4 Å². The van der Waals surface area contributed by atoms with Gasteiger partial charge in [0.05, 0.1) is 0 Å². The van der Waals surface area contributed by atoms with E-state index in [9.17, 15) is 0 Å². The Morgan fingerprint density at radius 2 is 0.420 bits per heavy atom. The molecule has 554 valence electrons. The highest BCUT2D eigenvalue weighted by Gasteiger charge is 2.26. The van der Waals surface area contributed by atoms with E-state index in [-0.39, 0.29) is 0 Å². The van der Waals surface area contributed by atoms with Crippen LogP contribution < -0.4 is 0 Å². The second-order valence-electron chi connectivity index (χ2n) is 31.0. The normalized spacial score (nSPS) is 11.7. The molecule has 0 atom stereocenters. The van der Waals surface area contributed by atoms with Crippen molar-refractivity contribution in [2.75, 3.05) is 0 Å². The van der Waals surface area contributed by atoms with Gasteiger partial charge in [0, 0.05) is 37.9 Å². The molecule has 0 saturated heterocycles. The number of hydrogen-bond donors (Lipinski definition) is 0. The first-order chi connectivity index (χ1) is 59.1. The second-order valence-corrected chi connectivity index (χ2v) is 31.0. The van der Waals surface area contributed by atoms with Gasteiger partial charge in [-0.25, -0.2) is 0 Å². The highest BCUT2D eigenvalue weighted by atomic mass is 16.3. The molecular weight excluding hydrogens is 1440 g/mol. The van der Waals surface area contributed by atoms with E-state index in [2.05, 4.69) is 413 Å². The van der Waals surface area contributed by atoms with Gasteiger partial charge >= 0.3 is 0 Å². The van der Waals surface area contributed by atoms with E-state index < -0.39 is 0 Å². The van der Waals surface area contributed by atoms with Crippen LogP contribution in [0.2, 0.25) is 0 Å². The van der Waals surface area contributed by atoms with Crippen LogP contribution >= 0.6 is 0 Å². The Labute approximate surface area is 686 Å². The predicted molar refractivity (Wildman–Crippen MR) is 505 cm³/mol. The molecule has 22 aromatic carbocycles. The third-order valence-electron chi connectivity index (χ3n) is 24.4. The van der Waals surface area contributed by atoms with Gasteiger partial charge in [-0.2, -0.15) is 0 Å². The first-order valence-electron chi connectivity index (χ1n) is 40.8. The maximum Gasteiger partial charge on any atom is 0.136 e. The molecule has 0 spiro atoms. The molecule has 0 amide bonds. The lowest BCUT2D eigenvalue weighted by Gasteiger charge is -2.19. The summed E-state index contributed by atoms with van der Waals surface area (Å²) in [6.45, 7) is 0. The average molecular weight is 1510 g/mol. The minimum atomic E-state index is 0.913. The average Bonchev–Trinajstić information content (AvgIpc) is 1.70. The van der Waals surface area contributed by atoms with Gasteiger partial charge in [-0.05, 0) is 224 Å². The number of hydrogen-bond acceptors (Lipinski definition) is 3. The smallest absolute Gasteiger partial charge is 0.136 e. The van der Waals surface area contributed by atoms with Crippen molar-refractivity contribution < 1.29 is 13.3 Å². The molecule has 3 heteroatoms. The van der Waals surface area contributed by atoms with Crippen LogP contribution in [-0.2, 0) is 0 Å². The molecule has 0 N–H and O–H groups in total. The van der Waals surface area contributed by atoms with Crippen LogP contribution in [0.1, 0.15) is 0 Å². The number of fused-ring (bicyclic) bond motifs is 17. The molecule has 25 aromatic rings. The Balaban J connectivity index is 0.000000106. The maximum absolute atomic E-state index is 6.51. The summed E-state index contributed by atoms with van der Waals surface area (Å²) in [5.74, 6) is 0. The number of para-hydroxylation sites is 3. The van der Waals surface area contributed by atoms with E-state index in [0.29, 0.717) is 0 Å². The molecule has 0 fully saturated rings. The fraction of sp³-hybridized carbons (Fsp3) is 0. The van der Waals surface area contributed by atoms with Crippen LogP contribution in [0, 0.1) is 0 Å². The Bertz CT molecular complexity index is 8180. The second kappa shape index (κ2) is 28.7. The zero-order chi connectivity index (χ0) is 78.4. The third-order valence-corrected chi connectivity index (χ3v) is 24.4. The van der Waals surface area contributed by atoms with Crippen molar-refractivity contribution >= 4 is 152 Å². The van der Waals surface area contributed by atoms with Gasteiger partial charge in [0.25, 0.3) is 0 Å². The molecule has 3 nitrogen and oxygen atoms in total. The fourth-order valence-corrected chi connectivity index (χ4v) is 19.1. The maximum atomic E-state index is 6.51. The van der Waals surface area contributed by atoms with Crippen molar-refractivity contribution in [3.63, 3.8) is 0 Å². The molecule has 0 bridgehead atoms. The van der Waals surface area contributed by atoms with Gasteiger partial charge in [0.1, 0.15) is 33.5 Å². The largest absolute Gasteiger partial charge is 0.456 e. The summed E-state index contributed by atoms with van der Waals surface area (Å²) >= 11 is 0. The van der Waals surface area contributed by atoms with Crippen molar-refractivity contribution in [2.24, 2.45) is 0 Å². The summed E-state index contributed by atoms with van der Waals surface area (Å²) in [6, 6.07) is 157. The van der Waals surface area contributed by atoms with Gasteiger partial charge in [-0.3, -0.25) is 0 Å². The van der Waals surface area contributed by atoms with Crippen molar-refractivity contribution in [3.8, 4) is 89.0 Å². The number of furan rings is 3. The van der Waals surface area contributed by atoms with E-state index in [4.69, 9.17) is 13.3 Å². The number of benzene rings is 22. The van der Waals surface area contributed by atoms with E-state index >= 15 is 0 Å². The van der Waals surface area contributed by atoms with Crippen molar-refractivity contribution in [1.29, 1.82) is 0 Å². The standard InChI is InChI=1S/C46H28O.C38H24O.C32H20O/c1-2-12-32-27-33(26-23-29(32)11-1)30-21-24-31(25-22-30)43-36-15-5-7-17-38(36)44(39-18-8-6-16-37(39)43)46-35-14-4-3-13-34(35)28-42-45(46)40-19-9-10-20-41(40)47-42;1-2-12-25(13-3-1)27-14-4-5-16-30(27)38-33-19-8-6-17-31(33)37(32-18-7-9-20-34(32)38)26-22-23-29-28-15-10-11-21-35(28)39-36(29)24-26;1-2-10-21(11-3-1)31-25-13-4-6-15-27(25)32(28-16-7-5-14-26(28)31)22-18-19-24-23-12-8-9-17-29(23)33-30(24)20-22/h1-28H;1-24H;1-20H. The molecule has 3 heterocycles. The molecule has 0 aliphatic carbocycles. The van der Waals surface area contributed by atoms with Gasteiger partial charge in [-0.1, -0.05) is 382 Å². The van der Waals surface area contributed by atoms with E-state index in [1.807, 2.05) is 24.3 Å². The van der Waals surface area contributed by atoms with E-state index in [1.165, 1.54) is 175 Å². The van der Waals surface area contributed by atoms with E-state index in [0.717, 1.165) is 66.0 Å². The molecule has 0 aliphatic heterocycles. The lowest BCUT2D eigenvalue weighted by Crippen LogP contribution is -1.92. The van der Waals surface area contributed by atoms with Crippen LogP contribution in [0.5, 0.6) is 0 Å². The minimum Gasteiger partial charge on any atom is -0.456 e. The summed E-state index contributed by atoms with van der Waals surface area (Å²) in [5.41, 5.74) is 25.3. The summed E-state index contributed by atoms with van der Waals surface area (Å²) in [5, 5.41) is 26.8. The lowest BCUT2D eigenvalue weighted by molar-refractivity contribution is 0.668. The van der Waals surface area contributed by atoms with E-state index in [1.54, 1.807) is 0 Å². The molecule has 0 unspecified atom stereocenters. The minimum absolute atomic E-state index is 0.913. The van der Waals surface area contributed by atoms with Gasteiger partial charge in [-0.15, -0.1) is 0 Å². The van der Waals surface area contributed by atoms with Crippen LogP contribution in [0.3, 0.4) is 0 Å². The highest BCUT2D eigenvalue weighted by Crippen LogP contribution is 2.52. The Morgan fingerprint density at radius 1 is 0.118 bits per heavy atom.